The summed E-state index contributed by atoms with van der Waals surface area (Å²) in [5.74, 6) is 1.69. The third-order valence-electron chi connectivity index (χ3n) is 5.13. The van der Waals surface area contributed by atoms with Crippen LogP contribution in [0.1, 0.15) is 23.6 Å². The van der Waals surface area contributed by atoms with Crippen molar-refractivity contribution < 1.29 is 14.3 Å². The molecule has 1 aliphatic heterocycles. The van der Waals surface area contributed by atoms with Crippen LogP contribution in [0.4, 0.5) is 0 Å². The first kappa shape index (κ1) is 19.2. The number of nitrogens with zero attached hydrogens (tertiary/aromatic N) is 2. The number of hydrogen-bond acceptors (Lipinski definition) is 4. The van der Waals surface area contributed by atoms with Crippen molar-refractivity contribution in [1.29, 1.82) is 0 Å². The summed E-state index contributed by atoms with van der Waals surface area (Å²) in [6.07, 6.45) is 1.14. The molecule has 0 saturated carbocycles. The Balaban J connectivity index is 1.71. The second-order valence-electron chi connectivity index (χ2n) is 7.00. The summed E-state index contributed by atoms with van der Waals surface area (Å²) in [6.45, 7) is 2.53. The van der Waals surface area contributed by atoms with Gasteiger partial charge in [0.2, 0.25) is 5.91 Å². The van der Waals surface area contributed by atoms with Crippen molar-refractivity contribution in [3.8, 4) is 11.5 Å². The highest BCUT2D eigenvalue weighted by Crippen LogP contribution is 2.27. The number of rotatable bonds is 6. The van der Waals surface area contributed by atoms with Crippen LogP contribution >= 0.6 is 0 Å². The number of carbonyl (C=O) groups excluding carboxylic acids is 1. The molecule has 1 heterocycles. The smallest absolute Gasteiger partial charge is 0.223 e. The molecule has 0 aromatic heterocycles. The lowest BCUT2D eigenvalue weighted by Gasteiger charge is -2.40. The van der Waals surface area contributed by atoms with Crippen LogP contribution in [0.5, 0.6) is 11.5 Å². The van der Waals surface area contributed by atoms with Gasteiger partial charge in [0.25, 0.3) is 0 Å². The first-order chi connectivity index (χ1) is 13.1. The first-order valence-electron chi connectivity index (χ1n) is 9.35. The van der Waals surface area contributed by atoms with Gasteiger partial charge in [0.05, 0.1) is 20.3 Å². The molecule has 27 heavy (non-hydrogen) atoms. The Bertz CT molecular complexity index is 741. The summed E-state index contributed by atoms with van der Waals surface area (Å²) < 4.78 is 10.7. The number of carbonyl (C=O) groups is 1. The molecule has 2 aromatic carbocycles. The molecule has 2 aromatic rings. The predicted octanol–water partition coefficient (Wildman–Crippen LogP) is 3.15. The molecule has 5 nitrogen and oxygen atoms in total. The lowest BCUT2D eigenvalue weighted by molar-refractivity contribution is -0.136. The number of likely N-dealkylation sites (N-methyl/N-ethyl adjacent to an activating group) is 1. The van der Waals surface area contributed by atoms with Crippen LogP contribution in [-0.2, 0) is 11.2 Å². The topological polar surface area (TPSA) is 42.0 Å². The Morgan fingerprint density at radius 1 is 1.04 bits per heavy atom. The molecule has 0 spiro atoms. The Hall–Kier alpha value is -2.53. The van der Waals surface area contributed by atoms with Gasteiger partial charge in [-0.3, -0.25) is 4.79 Å². The van der Waals surface area contributed by atoms with Crippen LogP contribution in [0.25, 0.3) is 0 Å². The summed E-state index contributed by atoms with van der Waals surface area (Å²) in [6, 6.07) is 16.2. The van der Waals surface area contributed by atoms with Gasteiger partial charge in [-0.15, -0.1) is 0 Å². The van der Waals surface area contributed by atoms with Gasteiger partial charge in [-0.05, 0) is 36.7 Å². The van der Waals surface area contributed by atoms with Gasteiger partial charge >= 0.3 is 0 Å². The standard InChI is InChI=1S/C22H28N2O3/c1-23-11-12-24(21(16-23)18-7-5-4-6-8-18)22(25)10-9-17-13-19(26-2)15-20(14-17)27-3/h4-8,13-15,21H,9-12,16H2,1-3H3. The van der Waals surface area contributed by atoms with Gasteiger partial charge in [-0.2, -0.15) is 0 Å². The van der Waals surface area contributed by atoms with E-state index in [1.54, 1.807) is 14.2 Å². The number of hydrogen-bond donors (Lipinski definition) is 0. The number of aryl methyl sites for hydroxylation is 1. The van der Waals surface area contributed by atoms with Crippen LogP contribution in [0.3, 0.4) is 0 Å². The second kappa shape index (κ2) is 8.91. The molecular formula is C22H28N2O3. The zero-order chi connectivity index (χ0) is 19.2. The van der Waals surface area contributed by atoms with Crippen LogP contribution in [0.15, 0.2) is 48.5 Å². The summed E-state index contributed by atoms with van der Waals surface area (Å²) >= 11 is 0. The maximum absolute atomic E-state index is 13.0. The first-order valence-corrected chi connectivity index (χ1v) is 9.35. The number of piperazine rings is 1. The molecule has 144 valence electrons. The molecular weight excluding hydrogens is 340 g/mol. The van der Waals surface area contributed by atoms with E-state index in [0.29, 0.717) is 12.8 Å². The minimum absolute atomic E-state index is 0.109. The minimum Gasteiger partial charge on any atom is -0.497 e. The van der Waals surface area contributed by atoms with Gasteiger partial charge < -0.3 is 19.3 Å². The summed E-state index contributed by atoms with van der Waals surface area (Å²) in [7, 11) is 5.39. The Kier molecular flexibility index (Phi) is 6.35. The highest BCUT2D eigenvalue weighted by Gasteiger charge is 2.29. The van der Waals surface area contributed by atoms with Crippen molar-refractivity contribution in [2.75, 3.05) is 40.9 Å². The summed E-state index contributed by atoms with van der Waals surface area (Å²) in [5.41, 5.74) is 2.24. The molecule has 0 bridgehead atoms. The van der Waals surface area contributed by atoms with E-state index in [4.69, 9.17) is 9.47 Å². The SMILES string of the molecule is COc1cc(CCC(=O)N2CCN(C)CC2c2ccccc2)cc(OC)c1. The number of amides is 1. The molecule has 0 radical (unpaired) electrons. The highest BCUT2D eigenvalue weighted by molar-refractivity contribution is 5.77. The average Bonchev–Trinajstić information content (AvgIpc) is 2.72. The molecule has 1 aliphatic rings. The predicted molar refractivity (Wildman–Crippen MR) is 106 cm³/mol. The van der Waals surface area contributed by atoms with Crippen LogP contribution < -0.4 is 9.47 Å². The Labute approximate surface area is 161 Å². The van der Waals surface area contributed by atoms with Crippen LogP contribution in [0, 0.1) is 0 Å². The molecule has 0 N–H and O–H groups in total. The van der Waals surface area contributed by atoms with Gasteiger partial charge in [-0.1, -0.05) is 30.3 Å². The Morgan fingerprint density at radius 2 is 1.70 bits per heavy atom. The minimum atomic E-state index is 0.109. The molecule has 1 fully saturated rings. The fourth-order valence-electron chi connectivity index (χ4n) is 3.58. The van der Waals surface area contributed by atoms with Crippen molar-refractivity contribution in [3.63, 3.8) is 0 Å². The fourth-order valence-corrected chi connectivity index (χ4v) is 3.58. The quantitative estimate of drug-likeness (QED) is 0.786. The summed E-state index contributed by atoms with van der Waals surface area (Å²) in [5, 5.41) is 0. The number of ether oxygens (including phenoxy) is 2. The van der Waals surface area contributed by atoms with E-state index in [2.05, 4.69) is 24.1 Å². The average molecular weight is 368 g/mol. The van der Waals surface area contributed by atoms with E-state index < -0.39 is 0 Å². The zero-order valence-electron chi connectivity index (χ0n) is 16.4. The fraction of sp³-hybridized carbons (Fsp3) is 0.409. The van der Waals surface area contributed by atoms with Crippen molar-refractivity contribution in [1.82, 2.24) is 9.80 Å². The lowest BCUT2D eigenvalue weighted by atomic mass is 10.0. The van der Waals surface area contributed by atoms with E-state index >= 15 is 0 Å². The maximum Gasteiger partial charge on any atom is 0.223 e. The van der Waals surface area contributed by atoms with Crippen LogP contribution in [0.2, 0.25) is 0 Å². The third-order valence-corrected chi connectivity index (χ3v) is 5.13. The maximum atomic E-state index is 13.0. The van der Waals surface area contributed by atoms with E-state index in [1.807, 2.05) is 41.3 Å². The van der Waals surface area contributed by atoms with Gasteiger partial charge in [0, 0.05) is 32.1 Å². The van der Waals surface area contributed by atoms with Crippen LogP contribution in [-0.4, -0.2) is 56.6 Å². The van der Waals surface area contributed by atoms with Crippen molar-refractivity contribution in [2.45, 2.75) is 18.9 Å². The number of methoxy groups -OCH3 is 2. The lowest BCUT2D eigenvalue weighted by Crippen LogP contribution is -2.49. The van der Waals surface area contributed by atoms with E-state index in [0.717, 1.165) is 36.7 Å². The molecule has 1 saturated heterocycles. The summed E-state index contributed by atoms with van der Waals surface area (Å²) in [4.78, 5) is 17.3. The number of benzene rings is 2. The molecule has 3 rings (SSSR count). The Morgan fingerprint density at radius 3 is 2.33 bits per heavy atom. The van der Waals surface area contributed by atoms with Gasteiger partial charge in [0.15, 0.2) is 0 Å². The van der Waals surface area contributed by atoms with Crippen molar-refractivity contribution >= 4 is 5.91 Å². The van der Waals surface area contributed by atoms with E-state index in [1.165, 1.54) is 5.56 Å². The normalized spacial score (nSPS) is 17.6. The molecule has 1 atom stereocenters. The van der Waals surface area contributed by atoms with Gasteiger partial charge in [-0.25, -0.2) is 0 Å². The third kappa shape index (κ3) is 4.80. The molecule has 0 aliphatic carbocycles. The van der Waals surface area contributed by atoms with Gasteiger partial charge in [0.1, 0.15) is 11.5 Å². The largest absolute Gasteiger partial charge is 0.497 e. The van der Waals surface area contributed by atoms with E-state index in [-0.39, 0.29) is 11.9 Å². The van der Waals surface area contributed by atoms with E-state index in [9.17, 15) is 4.79 Å². The zero-order valence-corrected chi connectivity index (χ0v) is 16.4. The molecule has 1 amide bonds. The monoisotopic (exact) mass is 368 g/mol. The van der Waals surface area contributed by atoms with Crippen molar-refractivity contribution in [2.24, 2.45) is 0 Å². The molecule has 1 unspecified atom stereocenters. The van der Waals surface area contributed by atoms with Crippen molar-refractivity contribution in [3.05, 3.63) is 59.7 Å². The highest BCUT2D eigenvalue weighted by atomic mass is 16.5. The molecule has 5 heteroatoms. The second-order valence-corrected chi connectivity index (χ2v) is 7.00.